The standard InChI is InChI=1S/C14H10F3N3S/c1-9-8-21-13(20-9)10(6-18)7-19-12-4-2-11(3-5-12)14(15,16)17/h2-5,7-8,19H,1H3/b10-7+. The largest absolute Gasteiger partial charge is 0.416 e. The summed E-state index contributed by atoms with van der Waals surface area (Å²) in [6.45, 7) is 1.82. The Bertz CT molecular complexity index is 693. The van der Waals surface area contributed by atoms with E-state index >= 15 is 0 Å². The van der Waals surface area contributed by atoms with Crippen LogP contribution >= 0.6 is 11.3 Å². The molecule has 0 aliphatic carbocycles. The molecule has 1 aromatic heterocycles. The smallest absolute Gasteiger partial charge is 0.360 e. The number of benzene rings is 1. The Balaban J connectivity index is 2.14. The molecule has 1 aromatic carbocycles. The Labute approximate surface area is 123 Å². The predicted molar refractivity (Wildman–Crippen MR) is 75.5 cm³/mol. The minimum Gasteiger partial charge on any atom is -0.360 e. The summed E-state index contributed by atoms with van der Waals surface area (Å²) < 4.78 is 37.3. The third-order valence-electron chi connectivity index (χ3n) is 2.57. The molecule has 0 spiro atoms. The SMILES string of the molecule is Cc1csc(/C(C#N)=C/Nc2ccc(C(F)(F)F)cc2)n1. The number of aryl methyl sites for hydroxylation is 1. The molecule has 0 fully saturated rings. The Morgan fingerprint density at radius 2 is 2.00 bits per heavy atom. The Morgan fingerprint density at radius 1 is 1.33 bits per heavy atom. The molecule has 0 atom stereocenters. The van der Waals surface area contributed by atoms with Gasteiger partial charge in [0.1, 0.15) is 16.6 Å². The molecule has 0 saturated heterocycles. The van der Waals surface area contributed by atoms with E-state index < -0.39 is 11.7 Å². The molecule has 2 rings (SSSR count). The van der Waals surface area contributed by atoms with E-state index in [0.29, 0.717) is 16.3 Å². The lowest BCUT2D eigenvalue weighted by molar-refractivity contribution is -0.137. The number of rotatable bonds is 3. The molecule has 0 bridgehead atoms. The molecule has 0 unspecified atom stereocenters. The zero-order valence-corrected chi connectivity index (χ0v) is 11.7. The van der Waals surface area contributed by atoms with Crippen LogP contribution in [-0.2, 0) is 6.18 Å². The molecular weight excluding hydrogens is 299 g/mol. The van der Waals surface area contributed by atoms with Crippen LogP contribution in [-0.4, -0.2) is 4.98 Å². The quantitative estimate of drug-likeness (QED) is 0.852. The summed E-state index contributed by atoms with van der Waals surface area (Å²) in [7, 11) is 0. The first-order valence-corrected chi connectivity index (χ1v) is 6.74. The molecule has 21 heavy (non-hydrogen) atoms. The highest BCUT2D eigenvalue weighted by atomic mass is 32.1. The van der Waals surface area contributed by atoms with Crippen LogP contribution in [0.1, 0.15) is 16.3 Å². The number of anilines is 1. The summed E-state index contributed by atoms with van der Waals surface area (Å²) >= 11 is 1.33. The normalized spacial score (nSPS) is 12.0. The van der Waals surface area contributed by atoms with Gasteiger partial charge >= 0.3 is 6.18 Å². The van der Waals surface area contributed by atoms with E-state index in [1.807, 2.05) is 18.4 Å². The predicted octanol–water partition coefficient (Wildman–Crippen LogP) is 4.45. The topological polar surface area (TPSA) is 48.7 Å². The fourth-order valence-electron chi connectivity index (χ4n) is 1.53. The number of nitrogens with one attached hydrogen (secondary N) is 1. The van der Waals surface area contributed by atoms with Crippen LogP contribution in [0.3, 0.4) is 0 Å². The minimum atomic E-state index is -4.36. The molecule has 7 heteroatoms. The average Bonchev–Trinajstić information content (AvgIpc) is 2.86. The van der Waals surface area contributed by atoms with E-state index in [9.17, 15) is 13.2 Å². The highest BCUT2D eigenvalue weighted by Crippen LogP contribution is 2.30. The van der Waals surface area contributed by atoms with Gasteiger partial charge in [-0.3, -0.25) is 0 Å². The number of nitrogens with zero attached hydrogens (tertiary/aromatic N) is 2. The number of aromatic nitrogens is 1. The lowest BCUT2D eigenvalue weighted by atomic mass is 10.2. The maximum atomic E-state index is 12.4. The van der Waals surface area contributed by atoms with Crippen LogP contribution in [0.2, 0.25) is 0 Å². The van der Waals surface area contributed by atoms with Gasteiger partial charge in [-0.2, -0.15) is 18.4 Å². The fraction of sp³-hybridized carbons (Fsp3) is 0.143. The number of alkyl halides is 3. The maximum absolute atomic E-state index is 12.4. The molecule has 3 nitrogen and oxygen atoms in total. The Hall–Kier alpha value is -2.33. The van der Waals surface area contributed by atoms with Gasteiger partial charge in [-0.05, 0) is 31.2 Å². The van der Waals surface area contributed by atoms with Gasteiger partial charge in [0.2, 0.25) is 0 Å². The van der Waals surface area contributed by atoms with Crippen molar-refractivity contribution in [2.45, 2.75) is 13.1 Å². The average molecular weight is 309 g/mol. The van der Waals surface area contributed by atoms with Crippen LogP contribution < -0.4 is 5.32 Å². The molecule has 0 aliphatic heterocycles. The lowest BCUT2D eigenvalue weighted by Crippen LogP contribution is -2.04. The number of hydrogen-bond donors (Lipinski definition) is 1. The van der Waals surface area contributed by atoms with Crippen molar-refractivity contribution < 1.29 is 13.2 Å². The van der Waals surface area contributed by atoms with Gasteiger partial charge in [-0.25, -0.2) is 4.98 Å². The summed E-state index contributed by atoms with van der Waals surface area (Å²) in [5, 5.41) is 14.3. The third kappa shape index (κ3) is 3.83. The monoisotopic (exact) mass is 309 g/mol. The van der Waals surface area contributed by atoms with E-state index in [-0.39, 0.29) is 0 Å². The molecule has 0 radical (unpaired) electrons. The van der Waals surface area contributed by atoms with Crippen molar-refractivity contribution in [3.05, 3.63) is 52.1 Å². The first kappa shape index (κ1) is 15.1. The zero-order valence-electron chi connectivity index (χ0n) is 10.9. The molecule has 1 N–H and O–H groups in total. The van der Waals surface area contributed by atoms with Crippen molar-refractivity contribution in [3.63, 3.8) is 0 Å². The van der Waals surface area contributed by atoms with Crippen molar-refractivity contribution in [3.8, 4) is 6.07 Å². The molecule has 1 heterocycles. The summed E-state index contributed by atoms with van der Waals surface area (Å²) in [5.74, 6) is 0. The molecule has 108 valence electrons. The van der Waals surface area contributed by atoms with E-state index in [1.165, 1.54) is 29.7 Å². The molecule has 0 amide bonds. The van der Waals surface area contributed by atoms with E-state index in [4.69, 9.17) is 5.26 Å². The van der Waals surface area contributed by atoms with Crippen LogP contribution in [0, 0.1) is 18.3 Å². The molecule has 0 aliphatic rings. The summed E-state index contributed by atoms with van der Waals surface area (Å²) in [6.07, 6.45) is -2.93. The minimum absolute atomic E-state index is 0.327. The van der Waals surface area contributed by atoms with Crippen molar-refractivity contribution in [1.82, 2.24) is 4.98 Å². The van der Waals surface area contributed by atoms with Crippen molar-refractivity contribution >= 4 is 22.6 Å². The van der Waals surface area contributed by atoms with E-state index in [1.54, 1.807) is 0 Å². The van der Waals surface area contributed by atoms with E-state index in [0.717, 1.165) is 17.8 Å². The van der Waals surface area contributed by atoms with Gasteiger partial charge in [-0.15, -0.1) is 11.3 Å². The number of halogens is 3. The second kappa shape index (κ2) is 5.97. The molecule has 0 saturated carbocycles. The number of hydrogen-bond acceptors (Lipinski definition) is 4. The zero-order chi connectivity index (χ0) is 15.5. The highest BCUT2D eigenvalue weighted by molar-refractivity contribution is 7.10. The van der Waals surface area contributed by atoms with Gasteiger partial charge in [0, 0.05) is 23.0 Å². The summed E-state index contributed by atoms with van der Waals surface area (Å²) in [6, 6.07) is 6.58. The number of allylic oxidation sites excluding steroid dienone is 1. The van der Waals surface area contributed by atoms with Gasteiger partial charge in [0.25, 0.3) is 0 Å². The first-order chi connectivity index (χ1) is 9.90. The van der Waals surface area contributed by atoms with Crippen LogP contribution in [0.4, 0.5) is 18.9 Å². The highest BCUT2D eigenvalue weighted by Gasteiger charge is 2.29. The van der Waals surface area contributed by atoms with Crippen LogP contribution in [0.15, 0.2) is 35.8 Å². The first-order valence-electron chi connectivity index (χ1n) is 5.86. The second-order valence-corrected chi connectivity index (χ2v) is 5.04. The van der Waals surface area contributed by atoms with Gasteiger partial charge in [-0.1, -0.05) is 0 Å². The van der Waals surface area contributed by atoms with Crippen LogP contribution in [0.25, 0.3) is 5.57 Å². The lowest BCUT2D eigenvalue weighted by Gasteiger charge is -2.07. The van der Waals surface area contributed by atoms with Crippen molar-refractivity contribution in [2.24, 2.45) is 0 Å². The number of nitriles is 1. The Morgan fingerprint density at radius 3 is 2.48 bits per heavy atom. The van der Waals surface area contributed by atoms with Crippen molar-refractivity contribution in [2.75, 3.05) is 5.32 Å². The van der Waals surface area contributed by atoms with Crippen LogP contribution in [0.5, 0.6) is 0 Å². The van der Waals surface area contributed by atoms with E-state index in [2.05, 4.69) is 10.3 Å². The molecular formula is C14H10F3N3S. The maximum Gasteiger partial charge on any atom is 0.416 e. The van der Waals surface area contributed by atoms with Gasteiger partial charge in [0.05, 0.1) is 5.56 Å². The Kier molecular flexibility index (Phi) is 4.29. The molecule has 2 aromatic rings. The van der Waals surface area contributed by atoms with Gasteiger partial charge < -0.3 is 5.32 Å². The van der Waals surface area contributed by atoms with Crippen molar-refractivity contribution in [1.29, 1.82) is 5.26 Å². The fourth-order valence-corrected chi connectivity index (χ4v) is 2.29. The summed E-state index contributed by atoms with van der Waals surface area (Å²) in [5.41, 5.74) is 0.885. The summed E-state index contributed by atoms with van der Waals surface area (Å²) in [4.78, 5) is 4.18. The second-order valence-electron chi connectivity index (χ2n) is 4.18. The number of thiazole rings is 1. The third-order valence-corrected chi connectivity index (χ3v) is 3.56. The van der Waals surface area contributed by atoms with Gasteiger partial charge in [0.15, 0.2) is 0 Å².